The highest BCUT2D eigenvalue weighted by atomic mass is 16.2. The van der Waals surface area contributed by atoms with Crippen LogP contribution in [-0.4, -0.2) is 31.8 Å². The molecule has 2 saturated carbocycles. The van der Waals surface area contributed by atoms with Crippen molar-refractivity contribution in [2.24, 2.45) is 11.3 Å². The number of nitrogens with one attached hydrogen (secondary N) is 3. The number of nitrogens with zero attached hydrogens (tertiary/aromatic N) is 3. The van der Waals surface area contributed by atoms with Crippen LogP contribution in [0.5, 0.6) is 0 Å². The third-order valence-corrected chi connectivity index (χ3v) is 6.99. The number of H-pyrrole nitrogens is 1. The SMILES string of the molecule is O=C(NCc1cc2[nH]c(CNCC34CCC3C4)cc2cn1)c1cc(=O)n2ccccc2n1. The molecule has 0 aromatic carbocycles. The van der Waals surface area contributed by atoms with Gasteiger partial charge in [-0.15, -0.1) is 0 Å². The number of aromatic amines is 1. The zero-order valence-electron chi connectivity index (χ0n) is 17.6. The summed E-state index contributed by atoms with van der Waals surface area (Å²) in [6.45, 7) is 2.18. The van der Waals surface area contributed by atoms with Crippen LogP contribution in [-0.2, 0) is 13.1 Å². The smallest absolute Gasteiger partial charge is 0.270 e. The van der Waals surface area contributed by atoms with Crippen LogP contribution in [0.1, 0.15) is 41.1 Å². The van der Waals surface area contributed by atoms with Crippen molar-refractivity contribution in [2.75, 3.05) is 6.54 Å². The van der Waals surface area contributed by atoms with Gasteiger partial charge < -0.3 is 15.6 Å². The number of fused-ring (bicyclic) bond motifs is 3. The molecule has 8 nitrogen and oxygen atoms in total. The molecule has 0 saturated heterocycles. The Kier molecular flexibility index (Phi) is 4.36. The normalized spacial score (nSPS) is 21.3. The molecule has 3 N–H and O–H groups in total. The van der Waals surface area contributed by atoms with Crippen LogP contribution in [0.4, 0.5) is 0 Å². The molecule has 0 radical (unpaired) electrons. The van der Waals surface area contributed by atoms with Gasteiger partial charge >= 0.3 is 0 Å². The van der Waals surface area contributed by atoms with E-state index in [0.717, 1.165) is 41.3 Å². The summed E-state index contributed by atoms with van der Waals surface area (Å²) in [5, 5.41) is 7.45. The van der Waals surface area contributed by atoms with Gasteiger partial charge in [0.2, 0.25) is 0 Å². The fourth-order valence-electron chi connectivity index (χ4n) is 4.90. The number of carbonyl (C=O) groups excluding carboxylic acids is 1. The third kappa shape index (κ3) is 3.36. The van der Waals surface area contributed by atoms with Crippen LogP contribution in [0.3, 0.4) is 0 Å². The predicted octanol–water partition coefficient (Wildman–Crippen LogP) is 2.39. The fraction of sp³-hybridized carbons (Fsp3) is 0.333. The van der Waals surface area contributed by atoms with Gasteiger partial charge in [0.25, 0.3) is 11.5 Å². The number of hydrogen-bond acceptors (Lipinski definition) is 5. The molecular formula is C24H24N6O2. The molecule has 2 aliphatic carbocycles. The van der Waals surface area contributed by atoms with E-state index in [1.807, 2.05) is 12.3 Å². The van der Waals surface area contributed by atoms with Crippen molar-refractivity contribution in [1.82, 2.24) is 30.0 Å². The van der Waals surface area contributed by atoms with Crippen molar-refractivity contribution < 1.29 is 4.79 Å². The van der Waals surface area contributed by atoms with Gasteiger partial charge in [0.05, 0.1) is 12.2 Å². The molecule has 2 atom stereocenters. The Morgan fingerprint density at radius 3 is 3.00 bits per heavy atom. The summed E-state index contributed by atoms with van der Waals surface area (Å²) in [5.74, 6) is 0.573. The molecule has 4 aromatic heterocycles. The largest absolute Gasteiger partial charge is 0.357 e. The molecule has 2 unspecified atom stereocenters. The molecule has 4 aromatic rings. The van der Waals surface area contributed by atoms with Crippen LogP contribution in [0, 0.1) is 11.3 Å². The first kappa shape index (κ1) is 19.2. The van der Waals surface area contributed by atoms with E-state index in [9.17, 15) is 9.59 Å². The van der Waals surface area contributed by atoms with E-state index in [0.29, 0.717) is 11.1 Å². The second kappa shape index (κ2) is 7.27. The van der Waals surface area contributed by atoms with Crippen molar-refractivity contribution in [2.45, 2.75) is 32.4 Å². The minimum absolute atomic E-state index is 0.0966. The van der Waals surface area contributed by atoms with Crippen LogP contribution in [0.15, 0.2) is 53.6 Å². The lowest BCUT2D eigenvalue weighted by atomic mass is 9.85. The zero-order valence-corrected chi connectivity index (χ0v) is 17.6. The highest BCUT2D eigenvalue weighted by Gasteiger charge is 2.60. The van der Waals surface area contributed by atoms with Crippen molar-refractivity contribution in [3.63, 3.8) is 0 Å². The van der Waals surface area contributed by atoms with Gasteiger partial charge in [-0.2, -0.15) is 0 Å². The molecule has 2 fully saturated rings. The number of rotatable bonds is 7. The van der Waals surface area contributed by atoms with E-state index in [1.165, 1.54) is 29.7 Å². The third-order valence-electron chi connectivity index (χ3n) is 6.99. The summed E-state index contributed by atoms with van der Waals surface area (Å²) >= 11 is 0. The van der Waals surface area contributed by atoms with Gasteiger partial charge in [-0.3, -0.25) is 19.0 Å². The van der Waals surface area contributed by atoms with Gasteiger partial charge in [-0.25, -0.2) is 4.98 Å². The van der Waals surface area contributed by atoms with Gasteiger partial charge in [0, 0.05) is 48.1 Å². The second-order valence-electron chi connectivity index (χ2n) is 9.05. The first-order chi connectivity index (χ1) is 15.6. The van der Waals surface area contributed by atoms with E-state index in [1.54, 1.807) is 24.4 Å². The van der Waals surface area contributed by atoms with E-state index in [-0.39, 0.29) is 17.8 Å². The van der Waals surface area contributed by atoms with E-state index < -0.39 is 5.91 Å². The number of amides is 1. The van der Waals surface area contributed by atoms with Gasteiger partial charge in [-0.05, 0) is 54.9 Å². The Hall–Kier alpha value is -3.52. The molecule has 2 aliphatic rings. The number of aromatic nitrogens is 4. The summed E-state index contributed by atoms with van der Waals surface area (Å²) in [5.41, 5.74) is 3.72. The summed E-state index contributed by atoms with van der Waals surface area (Å²) in [4.78, 5) is 36.9. The fourth-order valence-corrected chi connectivity index (χ4v) is 4.90. The average molecular weight is 428 g/mol. The lowest BCUT2D eigenvalue weighted by Gasteiger charge is -2.25. The summed E-state index contributed by atoms with van der Waals surface area (Å²) in [6.07, 6.45) is 7.63. The minimum atomic E-state index is -0.402. The van der Waals surface area contributed by atoms with Gasteiger partial charge in [0.1, 0.15) is 11.3 Å². The highest BCUT2D eigenvalue weighted by molar-refractivity contribution is 5.92. The predicted molar refractivity (Wildman–Crippen MR) is 120 cm³/mol. The van der Waals surface area contributed by atoms with E-state index >= 15 is 0 Å². The zero-order chi connectivity index (χ0) is 21.7. The van der Waals surface area contributed by atoms with Crippen molar-refractivity contribution in [1.29, 1.82) is 0 Å². The number of carbonyl (C=O) groups is 1. The molecule has 8 heteroatoms. The molecule has 0 bridgehead atoms. The highest BCUT2D eigenvalue weighted by Crippen LogP contribution is 2.67. The van der Waals surface area contributed by atoms with Crippen molar-refractivity contribution in [3.8, 4) is 0 Å². The second-order valence-corrected chi connectivity index (χ2v) is 9.05. The Balaban J connectivity index is 1.10. The minimum Gasteiger partial charge on any atom is -0.357 e. The van der Waals surface area contributed by atoms with Gasteiger partial charge in [0.15, 0.2) is 0 Å². The summed E-state index contributed by atoms with van der Waals surface area (Å²) < 4.78 is 1.40. The average Bonchev–Trinajstić information content (AvgIpc) is 3.12. The lowest BCUT2D eigenvalue weighted by Crippen LogP contribution is -2.29. The monoisotopic (exact) mass is 428 g/mol. The maximum atomic E-state index is 12.5. The molecular weight excluding hydrogens is 404 g/mol. The standard InChI is InChI=1S/C24H24N6O2/c31-22-9-20(29-21-3-1-2-6-30(21)22)23(32)27-13-17-8-19-15(11-26-17)7-18(28-19)12-25-14-24-5-4-16(24)10-24/h1-3,6-9,11,16,25,28H,4-5,10,12-14H2,(H,27,32). The topological polar surface area (TPSA) is 104 Å². The first-order valence-corrected chi connectivity index (χ1v) is 11.0. The number of pyridine rings is 2. The first-order valence-electron chi connectivity index (χ1n) is 11.0. The lowest BCUT2D eigenvalue weighted by molar-refractivity contribution is 0.0945. The maximum Gasteiger partial charge on any atom is 0.270 e. The maximum absolute atomic E-state index is 12.5. The summed E-state index contributed by atoms with van der Waals surface area (Å²) in [7, 11) is 0. The Morgan fingerprint density at radius 2 is 2.19 bits per heavy atom. The van der Waals surface area contributed by atoms with Gasteiger partial charge in [-0.1, -0.05) is 6.07 Å². The van der Waals surface area contributed by atoms with Crippen LogP contribution in [0.2, 0.25) is 0 Å². The molecule has 1 amide bonds. The van der Waals surface area contributed by atoms with Crippen LogP contribution >= 0.6 is 0 Å². The van der Waals surface area contributed by atoms with Crippen molar-refractivity contribution in [3.05, 3.63) is 76.2 Å². The molecule has 0 aliphatic heterocycles. The van der Waals surface area contributed by atoms with E-state index in [4.69, 9.17) is 0 Å². The molecule has 0 spiro atoms. The molecule has 32 heavy (non-hydrogen) atoms. The molecule has 4 heterocycles. The molecule has 162 valence electrons. The Morgan fingerprint density at radius 1 is 1.25 bits per heavy atom. The Labute approximate surface area is 184 Å². The van der Waals surface area contributed by atoms with E-state index in [2.05, 4.69) is 31.7 Å². The quantitative estimate of drug-likeness (QED) is 0.419. The molecule has 6 rings (SSSR count). The summed E-state index contributed by atoms with van der Waals surface area (Å²) in [6, 6.07) is 10.5. The van der Waals surface area contributed by atoms with Crippen LogP contribution in [0.25, 0.3) is 16.6 Å². The van der Waals surface area contributed by atoms with Crippen molar-refractivity contribution >= 4 is 22.5 Å². The Bertz CT molecular complexity index is 1400. The van der Waals surface area contributed by atoms with Crippen LogP contribution < -0.4 is 16.2 Å². The number of hydrogen-bond donors (Lipinski definition) is 3.